The normalized spacial score (nSPS) is 14.0. The van der Waals surface area contributed by atoms with Gasteiger partial charge in [-0.05, 0) is 12.1 Å². The summed E-state index contributed by atoms with van der Waals surface area (Å²) in [7, 11) is -1.45. The van der Waals surface area contributed by atoms with Crippen LogP contribution in [0.3, 0.4) is 0 Å². The lowest BCUT2D eigenvalue weighted by molar-refractivity contribution is -0.141. The third-order valence-electron chi connectivity index (χ3n) is 1.51. The van der Waals surface area contributed by atoms with Crippen molar-refractivity contribution in [3.8, 4) is 0 Å². The third-order valence-corrected chi connectivity index (χ3v) is 2.73. The van der Waals surface area contributed by atoms with E-state index in [1.165, 1.54) is 12.1 Å². The van der Waals surface area contributed by atoms with Gasteiger partial charge in [0.25, 0.3) is 0 Å². The molecule has 0 aliphatic rings. The van der Waals surface area contributed by atoms with Crippen molar-refractivity contribution in [2.75, 3.05) is 5.75 Å². The van der Waals surface area contributed by atoms with Gasteiger partial charge in [0.05, 0.1) is 10.8 Å². The zero-order valence-electron chi connectivity index (χ0n) is 7.34. The van der Waals surface area contributed by atoms with Gasteiger partial charge < -0.3 is 0 Å². The largest absolute Gasteiger partial charge is 0.433 e. The number of nitrogens with zero attached hydrogens (tertiary/aromatic N) is 1. The fourth-order valence-corrected chi connectivity index (χ4v) is 1.57. The van der Waals surface area contributed by atoms with E-state index in [1.54, 1.807) is 6.92 Å². The number of hydrogen-bond donors (Lipinski definition) is 0. The van der Waals surface area contributed by atoms with Crippen molar-refractivity contribution >= 4 is 10.8 Å². The summed E-state index contributed by atoms with van der Waals surface area (Å²) in [5, 5.41) is -0.0256. The molecule has 1 aromatic heterocycles. The van der Waals surface area contributed by atoms with Crippen LogP contribution >= 0.6 is 0 Å². The highest BCUT2D eigenvalue weighted by atomic mass is 32.2. The predicted octanol–water partition coefficient (Wildman–Crippen LogP) is 2.23. The average Bonchev–Trinajstić information content (AvgIpc) is 2.15. The fourth-order valence-electron chi connectivity index (χ4n) is 0.847. The van der Waals surface area contributed by atoms with E-state index in [1.807, 2.05) is 0 Å². The Morgan fingerprint density at radius 2 is 2.07 bits per heavy atom. The molecule has 1 unspecified atom stereocenters. The lowest BCUT2D eigenvalue weighted by Gasteiger charge is -2.06. The standard InChI is InChI=1S/C8H8F3NOS/c1-2-14(13)7-5-3-4-6(12-7)8(9,10)11/h3-5H,2H2,1H3. The van der Waals surface area contributed by atoms with Gasteiger partial charge in [-0.1, -0.05) is 13.0 Å². The average molecular weight is 223 g/mol. The van der Waals surface area contributed by atoms with Gasteiger partial charge in [-0.15, -0.1) is 0 Å². The van der Waals surface area contributed by atoms with E-state index in [0.717, 1.165) is 6.07 Å². The van der Waals surface area contributed by atoms with Crippen LogP contribution in [0.4, 0.5) is 13.2 Å². The molecule has 2 nitrogen and oxygen atoms in total. The molecule has 0 radical (unpaired) electrons. The van der Waals surface area contributed by atoms with E-state index in [4.69, 9.17) is 0 Å². The van der Waals surface area contributed by atoms with Gasteiger partial charge >= 0.3 is 6.18 Å². The Morgan fingerprint density at radius 3 is 2.57 bits per heavy atom. The zero-order chi connectivity index (χ0) is 10.8. The summed E-state index contributed by atoms with van der Waals surface area (Å²) in [6, 6.07) is 3.39. The Kier molecular flexibility index (Phi) is 3.25. The quantitative estimate of drug-likeness (QED) is 0.769. The van der Waals surface area contributed by atoms with E-state index < -0.39 is 22.7 Å². The summed E-state index contributed by atoms with van der Waals surface area (Å²) < 4.78 is 47.7. The second kappa shape index (κ2) is 4.08. The van der Waals surface area contributed by atoms with E-state index >= 15 is 0 Å². The molecule has 1 atom stereocenters. The van der Waals surface area contributed by atoms with Gasteiger partial charge in [-0.2, -0.15) is 13.2 Å². The fraction of sp³-hybridized carbons (Fsp3) is 0.375. The van der Waals surface area contributed by atoms with Crippen LogP contribution in [0.25, 0.3) is 0 Å². The second-order valence-corrected chi connectivity index (χ2v) is 4.18. The Hall–Kier alpha value is -0.910. The molecule has 0 saturated heterocycles. The molecule has 14 heavy (non-hydrogen) atoms. The van der Waals surface area contributed by atoms with Gasteiger partial charge in [0.2, 0.25) is 0 Å². The van der Waals surface area contributed by atoms with Gasteiger partial charge in [0.1, 0.15) is 10.7 Å². The van der Waals surface area contributed by atoms with E-state index in [-0.39, 0.29) is 10.8 Å². The van der Waals surface area contributed by atoms with Gasteiger partial charge in [-0.25, -0.2) is 4.98 Å². The molecule has 0 aromatic carbocycles. The number of pyridine rings is 1. The summed E-state index contributed by atoms with van der Waals surface area (Å²) in [6.07, 6.45) is -4.48. The second-order valence-electron chi connectivity index (χ2n) is 2.49. The molecule has 0 bridgehead atoms. The molecule has 0 fully saturated rings. The first-order valence-corrected chi connectivity index (χ1v) is 5.19. The SMILES string of the molecule is CCS(=O)c1cccc(C(F)(F)F)n1. The number of rotatable bonds is 2. The lowest BCUT2D eigenvalue weighted by atomic mass is 10.3. The smallest absolute Gasteiger partial charge is 0.253 e. The highest BCUT2D eigenvalue weighted by Gasteiger charge is 2.32. The van der Waals surface area contributed by atoms with Crippen LogP contribution in [0.2, 0.25) is 0 Å². The Bertz CT molecular complexity index is 351. The van der Waals surface area contributed by atoms with Crippen molar-refractivity contribution in [1.29, 1.82) is 0 Å². The molecule has 1 aromatic rings. The first kappa shape index (κ1) is 11.2. The minimum atomic E-state index is -4.48. The maximum atomic E-state index is 12.2. The van der Waals surface area contributed by atoms with Crippen LogP contribution in [0, 0.1) is 0 Å². The van der Waals surface area contributed by atoms with E-state index in [2.05, 4.69) is 4.98 Å². The van der Waals surface area contributed by atoms with Crippen LogP contribution in [0.1, 0.15) is 12.6 Å². The molecule has 0 saturated carbocycles. The van der Waals surface area contributed by atoms with Crippen molar-refractivity contribution < 1.29 is 17.4 Å². The Morgan fingerprint density at radius 1 is 1.43 bits per heavy atom. The molecule has 6 heteroatoms. The van der Waals surface area contributed by atoms with Gasteiger partial charge in [0.15, 0.2) is 0 Å². The number of aromatic nitrogens is 1. The van der Waals surface area contributed by atoms with Crippen LogP contribution in [0.5, 0.6) is 0 Å². The summed E-state index contributed by atoms with van der Waals surface area (Å²) in [5.74, 6) is 0.258. The molecule has 0 aliphatic carbocycles. The topological polar surface area (TPSA) is 30.0 Å². The first-order chi connectivity index (χ1) is 6.45. The number of alkyl halides is 3. The molecule has 1 heterocycles. The summed E-state index contributed by atoms with van der Waals surface area (Å²) >= 11 is 0. The Labute approximate surface area is 81.6 Å². The van der Waals surface area contributed by atoms with Gasteiger partial charge in [-0.3, -0.25) is 4.21 Å². The van der Waals surface area contributed by atoms with Crippen LogP contribution in [-0.4, -0.2) is 14.9 Å². The molecular weight excluding hydrogens is 215 g/mol. The summed E-state index contributed by atoms with van der Waals surface area (Å²) in [6.45, 7) is 1.62. The maximum absolute atomic E-state index is 12.2. The van der Waals surface area contributed by atoms with Crippen LogP contribution in [-0.2, 0) is 17.0 Å². The van der Waals surface area contributed by atoms with Crippen molar-refractivity contribution in [1.82, 2.24) is 4.98 Å². The van der Waals surface area contributed by atoms with Gasteiger partial charge in [0, 0.05) is 5.75 Å². The molecule has 0 aliphatic heterocycles. The molecule has 78 valence electrons. The summed E-state index contributed by atoms with van der Waals surface area (Å²) in [5.41, 5.74) is -1.00. The van der Waals surface area contributed by atoms with E-state index in [0.29, 0.717) is 0 Å². The highest BCUT2D eigenvalue weighted by Crippen LogP contribution is 2.27. The predicted molar refractivity (Wildman–Crippen MR) is 46.2 cm³/mol. The molecule has 0 spiro atoms. The minimum Gasteiger partial charge on any atom is -0.253 e. The van der Waals surface area contributed by atoms with Crippen molar-refractivity contribution in [2.24, 2.45) is 0 Å². The molecule has 0 amide bonds. The van der Waals surface area contributed by atoms with E-state index in [9.17, 15) is 17.4 Å². The maximum Gasteiger partial charge on any atom is 0.433 e. The molecule has 1 rings (SSSR count). The monoisotopic (exact) mass is 223 g/mol. The zero-order valence-corrected chi connectivity index (χ0v) is 8.15. The molecule has 0 N–H and O–H groups in total. The number of hydrogen-bond acceptors (Lipinski definition) is 2. The Balaban J connectivity index is 3.08. The van der Waals surface area contributed by atoms with Crippen molar-refractivity contribution in [3.63, 3.8) is 0 Å². The van der Waals surface area contributed by atoms with Crippen LogP contribution in [0.15, 0.2) is 23.2 Å². The third kappa shape index (κ3) is 2.54. The highest BCUT2D eigenvalue weighted by molar-refractivity contribution is 7.84. The van der Waals surface area contributed by atoms with Crippen molar-refractivity contribution in [2.45, 2.75) is 18.1 Å². The number of halogens is 3. The molecular formula is C8H8F3NOS. The summed E-state index contributed by atoms with van der Waals surface area (Å²) in [4.78, 5) is 3.29. The first-order valence-electron chi connectivity index (χ1n) is 3.87. The van der Waals surface area contributed by atoms with Crippen LogP contribution < -0.4 is 0 Å². The lowest BCUT2D eigenvalue weighted by Crippen LogP contribution is -2.10. The van der Waals surface area contributed by atoms with Crippen molar-refractivity contribution in [3.05, 3.63) is 23.9 Å². The minimum absolute atomic E-state index is 0.0256.